The molecule has 1 aliphatic heterocycles. The maximum atomic E-state index is 12.5. The van der Waals surface area contributed by atoms with E-state index in [4.69, 9.17) is 4.74 Å². The zero-order chi connectivity index (χ0) is 19.9. The number of amides is 1. The standard InChI is InChI=1S/C21H31N5O2/c1-4-25(5-2)21(27)19-16-26(23-22-19)18-11-9-13-24(15-18)14-17-10-7-8-12-20(17)28-6-3/h7-8,10,12,16,18H,4-6,9,11,13-15H2,1-3H3/t18-/m1/s1. The number of hydrogen-bond acceptors (Lipinski definition) is 5. The molecule has 1 aromatic carbocycles. The minimum absolute atomic E-state index is 0.0467. The Labute approximate surface area is 167 Å². The van der Waals surface area contributed by atoms with Gasteiger partial charge in [0.15, 0.2) is 5.69 Å². The summed E-state index contributed by atoms with van der Waals surface area (Å²) in [5.74, 6) is 0.912. The van der Waals surface area contributed by atoms with Crippen LogP contribution >= 0.6 is 0 Å². The molecule has 28 heavy (non-hydrogen) atoms. The molecule has 7 heteroatoms. The number of likely N-dealkylation sites (tertiary alicyclic amines) is 1. The summed E-state index contributed by atoms with van der Waals surface area (Å²) in [6, 6.07) is 8.46. The number of carbonyl (C=O) groups excluding carboxylic acids is 1. The monoisotopic (exact) mass is 385 g/mol. The van der Waals surface area contributed by atoms with Crippen molar-refractivity contribution in [2.75, 3.05) is 32.8 Å². The van der Waals surface area contributed by atoms with Crippen LogP contribution in [0, 0.1) is 0 Å². The molecule has 0 saturated carbocycles. The lowest BCUT2D eigenvalue weighted by Crippen LogP contribution is -2.36. The van der Waals surface area contributed by atoms with Crippen LogP contribution < -0.4 is 4.74 Å². The van der Waals surface area contributed by atoms with E-state index in [9.17, 15) is 4.79 Å². The molecule has 0 unspecified atom stereocenters. The van der Waals surface area contributed by atoms with Crippen molar-refractivity contribution in [3.05, 3.63) is 41.7 Å². The van der Waals surface area contributed by atoms with Crippen LogP contribution in [-0.2, 0) is 6.54 Å². The molecule has 1 atom stereocenters. The summed E-state index contributed by atoms with van der Waals surface area (Å²) in [5, 5.41) is 8.41. The molecule has 1 aliphatic rings. The number of rotatable bonds is 8. The van der Waals surface area contributed by atoms with Crippen molar-refractivity contribution in [2.24, 2.45) is 0 Å². The molecule has 0 spiro atoms. The Morgan fingerprint density at radius 1 is 1.25 bits per heavy atom. The van der Waals surface area contributed by atoms with Gasteiger partial charge in [-0.1, -0.05) is 23.4 Å². The summed E-state index contributed by atoms with van der Waals surface area (Å²) >= 11 is 0. The maximum absolute atomic E-state index is 12.5. The second-order valence-electron chi connectivity index (χ2n) is 7.13. The average molecular weight is 386 g/mol. The summed E-state index contributed by atoms with van der Waals surface area (Å²) in [4.78, 5) is 16.7. The Hall–Kier alpha value is -2.41. The Kier molecular flexibility index (Phi) is 7.03. The third-order valence-electron chi connectivity index (χ3n) is 5.30. The summed E-state index contributed by atoms with van der Waals surface area (Å²) < 4.78 is 7.64. The predicted molar refractivity (Wildman–Crippen MR) is 108 cm³/mol. The highest BCUT2D eigenvalue weighted by Gasteiger charge is 2.25. The van der Waals surface area contributed by atoms with Crippen molar-refractivity contribution >= 4 is 5.91 Å². The molecule has 0 aliphatic carbocycles. The Bertz CT molecular complexity index is 772. The van der Waals surface area contributed by atoms with Gasteiger partial charge in [0, 0.05) is 31.7 Å². The summed E-state index contributed by atoms with van der Waals surface area (Å²) in [6.07, 6.45) is 3.95. The van der Waals surface area contributed by atoms with Gasteiger partial charge in [0.2, 0.25) is 0 Å². The molecule has 1 saturated heterocycles. The van der Waals surface area contributed by atoms with E-state index >= 15 is 0 Å². The molecule has 1 amide bonds. The number of para-hydroxylation sites is 1. The Morgan fingerprint density at radius 3 is 2.79 bits per heavy atom. The molecule has 0 radical (unpaired) electrons. The fraction of sp³-hybridized carbons (Fsp3) is 0.571. The quantitative estimate of drug-likeness (QED) is 0.699. The molecule has 2 aromatic rings. The van der Waals surface area contributed by atoms with E-state index in [-0.39, 0.29) is 11.9 Å². The van der Waals surface area contributed by atoms with Gasteiger partial charge < -0.3 is 9.64 Å². The molecule has 7 nitrogen and oxygen atoms in total. The average Bonchev–Trinajstić information content (AvgIpc) is 3.21. The van der Waals surface area contributed by atoms with Gasteiger partial charge >= 0.3 is 0 Å². The van der Waals surface area contributed by atoms with Crippen LogP contribution in [0.2, 0.25) is 0 Å². The van der Waals surface area contributed by atoms with Gasteiger partial charge in [0.25, 0.3) is 5.91 Å². The van der Waals surface area contributed by atoms with Crippen LogP contribution in [0.15, 0.2) is 30.5 Å². The zero-order valence-electron chi connectivity index (χ0n) is 17.2. The van der Waals surface area contributed by atoms with E-state index in [0.29, 0.717) is 25.4 Å². The topological polar surface area (TPSA) is 63.5 Å². The first-order valence-corrected chi connectivity index (χ1v) is 10.3. The van der Waals surface area contributed by atoms with Crippen LogP contribution in [0.4, 0.5) is 0 Å². The minimum atomic E-state index is -0.0467. The maximum Gasteiger partial charge on any atom is 0.276 e. The number of nitrogens with zero attached hydrogens (tertiary/aromatic N) is 5. The van der Waals surface area contributed by atoms with E-state index in [1.165, 1.54) is 5.56 Å². The normalized spacial score (nSPS) is 17.5. The van der Waals surface area contributed by atoms with Gasteiger partial charge in [0.05, 0.1) is 18.8 Å². The molecule has 3 rings (SSSR count). The molecule has 152 valence electrons. The van der Waals surface area contributed by atoms with Crippen molar-refractivity contribution in [1.29, 1.82) is 0 Å². The minimum Gasteiger partial charge on any atom is -0.494 e. The number of ether oxygens (including phenoxy) is 1. The lowest BCUT2D eigenvalue weighted by molar-refractivity contribution is 0.0767. The molecule has 0 N–H and O–H groups in total. The number of hydrogen-bond donors (Lipinski definition) is 0. The molecule has 2 heterocycles. The van der Waals surface area contributed by atoms with Crippen molar-refractivity contribution in [3.8, 4) is 5.75 Å². The highest BCUT2D eigenvalue weighted by molar-refractivity contribution is 5.91. The van der Waals surface area contributed by atoms with Crippen LogP contribution in [0.3, 0.4) is 0 Å². The van der Waals surface area contributed by atoms with Gasteiger partial charge in [-0.25, -0.2) is 4.68 Å². The van der Waals surface area contributed by atoms with Gasteiger partial charge in [-0.05, 0) is 46.2 Å². The third kappa shape index (κ3) is 4.70. The Morgan fingerprint density at radius 2 is 2.04 bits per heavy atom. The molecule has 1 aromatic heterocycles. The van der Waals surface area contributed by atoms with Crippen molar-refractivity contribution in [1.82, 2.24) is 24.8 Å². The number of benzene rings is 1. The summed E-state index contributed by atoms with van der Waals surface area (Å²) in [5.41, 5.74) is 1.64. The Balaban J connectivity index is 1.66. The molecular formula is C21H31N5O2. The zero-order valence-corrected chi connectivity index (χ0v) is 17.2. The lowest BCUT2D eigenvalue weighted by Gasteiger charge is -2.32. The largest absolute Gasteiger partial charge is 0.494 e. The molecular weight excluding hydrogens is 354 g/mol. The van der Waals surface area contributed by atoms with Gasteiger partial charge in [0.1, 0.15) is 5.75 Å². The van der Waals surface area contributed by atoms with Crippen LogP contribution in [0.1, 0.15) is 55.7 Å². The molecule has 1 fully saturated rings. The SMILES string of the molecule is CCOc1ccccc1CN1CCC[C@@H](n2cc(C(=O)N(CC)CC)nn2)C1. The second kappa shape index (κ2) is 9.68. The van der Waals surface area contributed by atoms with Gasteiger partial charge in [-0.3, -0.25) is 9.69 Å². The fourth-order valence-corrected chi connectivity index (χ4v) is 3.79. The van der Waals surface area contributed by atoms with E-state index in [2.05, 4.69) is 27.3 Å². The van der Waals surface area contributed by atoms with Crippen LogP contribution in [0.25, 0.3) is 0 Å². The van der Waals surface area contributed by atoms with E-state index in [0.717, 1.165) is 38.2 Å². The highest BCUT2D eigenvalue weighted by atomic mass is 16.5. The number of carbonyl (C=O) groups is 1. The van der Waals surface area contributed by atoms with E-state index in [1.807, 2.05) is 43.8 Å². The lowest BCUT2D eigenvalue weighted by atomic mass is 10.0. The second-order valence-corrected chi connectivity index (χ2v) is 7.13. The summed E-state index contributed by atoms with van der Waals surface area (Å²) in [7, 11) is 0. The first-order valence-electron chi connectivity index (χ1n) is 10.3. The highest BCUT2D eigenvalue weighted by Crippen LogP contribution is 2.25. The van der Waals surface area contributed by atoms with Crippen molar-refractivity contribution < 1.29 is 9.53 Å². The first-order chi connectivity index (χ1) is 13.7. The van der Waals surface area contributed by atoms with Crippen LogP contribution in [0.5, 0.6) is 5.75 Å². The smallest absolute Gasteiger partial charge is 0.276 e. The number of piperidine rings is 1. The van der Waals surface area contributed by atoms with E-state index in [1.54, 1.807) is 4.90 Å². The van der Waals surface area contributed by atoms with Crippen molar-refractivity contribution in [3.63, 3.8) is 0 Å². The predicted octanol–water partition coefficient (Wildman–Crippen LogP) is 3.00. The number of aromatic nitrogens is 3. The first kappa shape index (κ1) is 20.3. The third-order valence-corrected chi connectivity index (χ3v) is 5.30. The van der Waals surface area contributed by atoms with Gasteiger partial charge in [-0.15, -0.1) is 5.10 Å². The summed E-state index contributed by atoms with van der Waals surface area (Å²) in [6.45, 7) is 10.8. The van der Waals surface area contributed by atoms with Crippen molar-refractivity contribution in [2.45, 2.75) is 46.2 Å². The van der Waals surface area contributed by atoms with E-state index < -0.39 is 0 Å². The fourth-order valence-electron chi connectivity index (χ4n) is 3.79. The van der Waals surface area contributed by atoms with Gasteiger partial charge in [-0.2, -0.15) is 0 Å². The molecule has 0 bridgehead atoms. The van der Waals surface area contributed by atoms with Crippen LogP contribution in [-0.4, -0.2) is 63.5 Å².